The first-order chi connectivity index (χ1) is 12.6. The van der Waals surface area contributed by atoms with Crippen molar-refractivity contribution >= 4 is 28.5 Å². The number of halogens is 1. The minimum Gasteiger partial charge on any atom is -0.489 e. The van der Waals surface area contributed by atoms with Crippen LogP contribution < -0.4 is 4.74 Å². The Balaban J connectivity index is 1.71. The Kier molecular flexibility index (Phi) is 6.40. The SMILES string of the molecule is CCOC(=O)c1cc2c(Cl)ccc(OCCOC3CCCCO3)c2n1C. The van der Waals surface area contributed by atoms with Crippen molar-refractivity contribution in [2.24, 2.45) is 7.05 Å². The fourth-order valence-corrected chi connectivity index (χ4v) is 3.30. The van der Waals surface area contributed by atoms with Gasteiger partial charge in [0.05, 0.1) is 23.8 Å². The number of carbonyl (C=O) groups is 1. The zero-order chi connectivity index (χ0) is 18.5. The molecule has 0 saturated carbocycles. The molecule has 2 aromatic rings. The van der Waals surface area contributed by atoms with Gasteiger partial charge < -0.3 is 23.5 Å². The first-order valence-corrected chi connectivity index (χ1v) is 9.30. The smallest absolute Gasteiger partial charge is 0.354 e. The predicted molar refractivity (Wildman–Crippen MR) is 98.9 cm³/mol. The highest BCUT2D eigenvalue weighted by Gasteiger charge is 2.19. The fourth-order valence-electron chi connectivity index (χ4n) is 3.09. The average molecular weight is 382 g/mol. The molecule has 0 spiro atoms. The number of aryl methyl sites for hydroxylation is 1. The number of hydrogen-bond donors (Lipinski definition) is 0. The molecular formula is C19H24ClNO5. The molecule has 3 rings (SSSR count). The topological polar surface area (TPSA) is 58.9 Å². The van der Waals surface area contributed by atoms with Gasteiger partial charge in [0.1, 0.15) is 18.1 Å². The summed E-state index contributed by atoms with van der Waals surface area (Å²) in [5.74, 6) is 0.265. The number of nitrogens with zero attached hydrogens (tertiary/aromatic N) is 1. The number of benzene rings is 1. The van der Waals surface area contributed by atoms with Crippen LogP contribution >= 0.6 is 11.6 Å². The van der Waals surface area contributed by atoms with Crippen LogP contribution in [-0.2, 0) is 21.3 Å². The van der Waals surface area contributed by atoms with E-state index in [0.29, 0.717) is 36.3 Å². The summed E-state index contributed by atoms with van der Waals surface area (Å²) < 4.78 is 24.0. The van der Waals surface area contributed by atoms with Gasteiger partial charge in [-0.1, -0.05) is 11.6 Å². The Morgan fingerprint density at radius 3 is 2.92 bits per heavy atom. The third-order valence-electron chi connectivity index (χ3n) is 4.37. The second-order valence-corrected chi connectivity index (χ2v) is 6.54. The molecule has 1 saturated heterocycles. The summed E-state index contributed by atoms with van der Waals surface area (Å²) in [6.45, 7) is 3.67. The van der Waals surface area contributed by atoms with Gasteiger partial charge in [0.2, 0.25) is 0 Å². The van der Waals surface area contributed by atoms with Crippen molar-refractivity contribution in [2.45, 2.75) is 32.5 Å². The molecule has 1 atom stereocenters. The van der Waals surface area contributed by atoms with E-state index in [-0.39, 0.29) is 12.3 Å². The predicted octanol–water partition coefficient (Wildman–Crippen LogP) is 3.93. The highest BCUT2D eigenvalue weighted by molar-refractivity contribution is 6.35. The Morgan fingerprint density at radius 2 is 2.19 bits per heavy atom. The maximum absolute atomic E-state index is 12.1. The molecule has 0 aliphatic carbocycles. The zero-order valence-electron chi connectivity index (χ0n) is 15.1. The molecule has 1 aromatic carbocycles. The van der Waals surface area contributed by atoms with Gasteiger partial charge in [-0.15, -0.1) is 0 Å². The van der Waals surface area contributed by atoms with E-state index in [1.165, 1.54) is 0 Å². The molecule has 1 unspecified atom stereocenters. The van der Waals surface area contributed by atoms with Gasteiger partial charge >= 0.3 is 5.97 Å². The van der Waals surface area contributed by atoms with E-state index in [2.05, 4.69) is 0 Å². The molecule has 0 amide bonds. The molecule has 1 aromatic heterocycles. The van der Waals surface area contributed by atoms with Crippen LogP contribution in [0.2, 0.25) is 5.02 Å². The van der Waals surface area contributed by atoms with Gasteiger partial charge in [0.15, 0.2) is 6.29 Å². The van der Waals surface area contributed by atoms with E-state index in [1.807, 2.05) is 0 Å². The molecular weight excluding hydrogens is 358 g/mol. The Labute approximate surface area is 157 Å². The van der Waals surface area contributed by atoms with E-state index in [1.54, 1.807) is 36.7 Å². The minimum atomic E-state index is -0.383. The van der Waals surface area contributed by atoms with Crippen LogP contribution in [0.25, 0.3) is 10.9 Å². The maximum Gasteiger partial charge on any atom is 0.354 e. The molecule has 142 valence electrons. The van der Waals surface area contributed by atoms with E-state index >= 15 is 0 Å². The van der Waals surface area contributed by atoms with Gasteiger partial charge in [-0.2, -0.15) is 0 Å². The molecule has 0 bridgehead atoms. The third-order valence-corrected chi connectivity index (χ3v) is 4.70. The summed E-state index contributed by atoms with van der Waals surface area (Å²) in [5, 5.41) is 1.32. The number of esters is 1. The van der Waals surface area contributed by atoms with Crippen LogP contribution in [0.4, 0.5) is 0 Å². The summed E-state index contributed by atoms with van der Waals surface area (Å²) in [5.41, 5.74) is 1.20. The third kappa shape index (κ3) is 4.14. The van der Waals surface area contributed by atoms with Gasteiger partial charge in [0, 0.05) is 19.0 Å². The van der Waals surface area contributed by atoms with E-state index in [9.17, 15) is 4.79 Å². The number of hydrogen-bond acceptors (Lipinski definition) is 5. The van der Waals surface area contributed by atoms with Crippen molar-refractivity contribution in [3.63, 3.8) is 0 Å². The van der Waals surface area contributed by atoms with E-state index < -0.39 is 0 Å². The molecule has 26 heavy (non-hydrogen) atoms. The Bertz CT molecular complexity index is 767. The fraction of sp³-hybridized carbons (Fsp3) is 0.526. The normalized spacial score (nSPS) is 17.4. The largest absolute Gasteiger partial charge is 0.489 e. The number of aromatic nitrogens is 1. The van der Waals surface area contributed by atoms with E-state index in [0.717, 1.165) is 36.8 Å². The number of carbonyl (C=O) groups excluding carboxylic acids is 1. The Hall–Kier alpha value is -1.76. The molecule has 7 heteroatoms. The average Bonchev–Trinajstić information content (AvgIpc) is 3.00. The second kappa shape index (κ2) is 8.75. The molecule has 1 fully saturated rings. The van der Waals surface area contributed by atoms with Crippen LogP contribution in [0.1, 0.15) is 36.7 Å². The standard InChI is InChI=1S/C19H24ClNO5/c1-3-23-19(22)15-12-13-14(20)7-8-16(18(13)21(15)2)24-10-11-26-17-6-4-5-9-25-17/h7-8,12,17H,3-6,9-11H2,1-2H3. The first kappa shape index (κ1) is 19.0. The van der Waals surface area contributed by atoms with Crippen molar-refractivity contribution in [1.82, 2.24) is 4.57 Å². The van der Waals surface area contributed by atoms with Gasteiger partial charge in [-0.05, 0) is 44.4 Å². The lowest BCUT2D eigenvalue weighted by molar-refractivity contribution is -0.165. The molecule has 2 heterocycles. The highest BCUT2D eigenvalue weighted by atomic mass is 35.5. The minimum absolute atomic E-state index is 0.136. The summed E-state index contributed by atoms with van der Waals surface area (Å²) in [6.07, 6.45) is 3.01. The van der Waals surface area contributed by atoms with Crippen LogP contribution in [-0.4, -0.2) is 43.3 Å². The lowest BCUT2D eigenvalue weighted by atomic mass is 10.2. The molecule has 6 nitrogen and oxygen atoms in total. The van der Waals surface area contributed by atoms with Crippen LogP contribution in [0.5, 0.6) is 5.75 Å². The lowest BCUT2D eigenvalue weighted by Gasteiger charge is -2.22. The number of ether oxygens (including phenoxy) is 4. The van der Waals surface area contributed by atoms with Crippen LogP contribution in [0.15, 0.2) is 18.2 Å². The second-order valence-electron chi connectivity index (χ2n) is 6.13. The maximum atomic E-state index is 12.1. The highest BCUT2D eigenvalue weighted by Crippen LogP contribution is 2.34. The van der Waals surface area contributed by atoms with Gasteiger partial charge in [0.25, 0.3) is 0 Å². The van der Waals surface area contributed by atoms with Gasteiger partial charge in [-0.25, -0.2) is 4.79 Å². The molecule has 0 N–H and O–H groups in total. The van der Waals surface area contributed by atoms with Crippen molar-refractivity contribution < 1.29 is 23.7 Å². The van der Waals surface area contributed by atoms with Gasteiger partial charge in [-0.3, -0.25) is 0 Å². The van der Waals surface area contributed by atoms with Crippen molar-refractivity contribution in [1.29, 1.82) is 0 Å². The Morgan fingerprint density at radius 1 is 1.35 bits per heavy atom. The molecule has 1 aliphatic heterocycles. The lowest BCUT2D eigenvalue weighted by Crippen LogP contribution is -2.24. The van der Waals surface area contributed by atoms with Crippen LogP contribution in [0.3, 0.4) is 0 Å². The summed E-state index contributed by atoms with van der Waals surface area (Å²) in [7, 11) is 1.80. The summed E-state index contributed by atoms with van der Waals surface area (Å²) >= 11 is 6.30. The van der Waals surface area contributed by atoms with Crippen LogP contribution in [0, 0.1) is 0 Å². The van der Waals surface area contributed by atoms with Crippen molar-refractivity contribution in [3.8, 4) is 5.75 Å². The first-order valence-electron chi connectivity index (χ1n) is 8.93. The molecule has 1 aliphatic rings. The van der Waals surface area contributed by atoms with Crippen molar-refractivity contribution in [3.05, 3.63) is 28.9 Å². The number of fused-ring (bicyclic) bond motifs is 1. The monoisotopic (exact) mass is 381 g/mol. The summed E-state index contributed by atoms with van der Waals surface area (Å²) in [4.78, 5) is 12.1. The summed E-state index contributed by atoms with van der Waals surface area (Å²) in [6, 6.07) is 5.30. The van der Waals surface area contributed by atoms with E-state index in [4.69, 9.17) is 30.5 Å². The number of rotatable bonds is 7. The zero-order valence-corrected chi connectivity index (χ0v) is 15.9. The quantitative estimate of drug-likeness (QED) is 0.537. The molecule has 0 radical (unpaired) electrons. The van der Waals surface area contributed by atoms with Crippen molar-refractivity contribution in [2.75, 3.05) is 26.4 Å².